The monoisotopic (exact) mass is 414 g/mol. The van der Waals surface area contributed by atoms with Crippen molar-refractivity contribution < 1.29 is 19.4 Å². The van der Waals surface area contributed by atoms with Gasteiger partial charge in [-0.1, -0.05) is 48.0 Å². The number of fused-ring (bicyclic) bond motifs is 3. The van der Waals surface area contributed by atoms with Gasteiger partial charge in [0.2, 0.25) is 5.91 Å². The molecular weight excluding hydrogens is 392 g/mol. The Hall–Kier alpha value is -2.57. The molecule has 152 valence electrons. The molecule has 6 nitrogen and oxygen atoms in total. The summed E-state index contributed by atoms with van der Waals surface area (Å²) in [6, 6.07) is 9.96. The number of halogens is 1. The van der Waals surface area contributed by atoms with Crippen LogP contribution >= 0.6 is 11.6 Å². The maximum absolute atomic E-state index is 12.3. The lowest BCUT2D eigenvalue weighted by molar-refractivity contribution is -0.146. The van der Waals surface area contributed by atoms with Gasteiger partial charge in [0.15, 0.2) is 5.06 Å². The summed E-state index contributed by atoms with van der Waals surface area (Å²) in [5.74, 6) is -1.83. The van der Waals surface area contributed by atoms with E-state index in [0.29, 0.717) is 19.4 Å². The minimum atomic E-state index is -1.27. The van der Waals surface area contributed by atoms with Crippen LogP contribution in [0.5, 0.6) is 0 Å². The van der Waals surface area contributed by atoms with E-state index in [9.17, 15) is 9.59 Å². The van der Waals surface area contributed by atoms with E-state index in [0.717, 1.165) is 40.9 Å². The first kappa shape index (κ1) is 19.7. The lowest BCUT2D eigenvalue weighted by atomic mass is 9.83. The van der Waals surface area contributed by atoms with Crippen molar-refractivity contribution in [2.24, 2.45) is 5.73 Å². The lowest BCUT2D eigenvalue weighted by Crippen LogP contribution is -2.30. The highest BCUT2D eigenvalue weighted by Crippen LogP contribution is 2.48. The highest BCUT2D eigenvalue weighted by atomic mass is 35.5. The summed E-state index contributed by atoms with van der Waals surface area (Å²) in [5.41, 5.74) is 10.3. The van der Waals surface area contributed by atoms with Crippen LogP contribution in [-0.4, -0.2) is 28.2 Å². The van der Waals surface area contributed by atoms with Gasteiger partial charge in [0, 0.05) is 29.9 Å². The van der Waals surface area contributed by atoms with Crippen molar-refractivity contribution in [1.82, 2.24) is 4.57 Å². The zero-order valence-corrected chi connectivity index (χ0v) is 16.7. The molecule has 0 saturated heterocycles. The van der Waals surface area contributed by atoms with E-state index in [4.69, 9.17) is 27.2 Å². The summed E-state index contributed by atoms with van der Waals surface area (Å²) in [6.45, 7) is 0.0766. The number of hydrogen-bond donors (Lipinski definition) is 2. The molecule has 0 fully saturated rings. The number of alkyl halides is 1. The van der Waals surface area contributed by atoms with Crippen molar-refractivity contribution >= 4 is 29.6 Å². The first-order valence-corrected chi connectivity index (χ1v) is 10.1. The van der Waals surface area contributed by atoms with Crippen LogP contribution in [0.3, 0.4) is 0 Å². The number of primary amides is 1. The quantitative estimate of drug-likeness (QED) is 0.708. The van der Waals surface area contributed by atoms with Crippen molar-refractivity contribution in [3.63, 3.8) is 0 Å². The number of carboxylic acid groups (broad SMARTS) is 1. The van der Waals surface area contributed by atoms with Gasteiger partial charge in [0.1, 0.15) is 6.61 Å². The molecule has 4 rings (SSSR count). The average molecular weight is 415 g/mol. The molecule has 1 aromatic carbocycles. The summed E-state index contributed by atoms with van der Waals surface area (Å²) >= 11 is 6.86. The van der Waals surface area contributed by atoms with Gasteiger partial charge in [-0.15, -0.1) is 0 Å². The molecule has 1 heterocycles. The standard InChI is InChI=1S/C22H23ClN2O4/c23-22(29-13-18(26)27)11-5-10-17-19(22)15-8-4-9-16(21(24)28)20(15)25(17)12-14-6-2-1-3-7-14/h1-3,5-7,10,16H,4,8-9,11-13H2,(H2,24,28)(H,26,27). The fourth-order valence-corrected chi connectivity index (χ4v) is 4.87. The summed E-state index contributed by atoms with van der Waals surface area (Å²) in [5, 5.41) is 7.82. The van der Waals surface area contributed by atoms with Crippen LogP contribution < -0.4 is 5.73 Å². The Kier molecular flexibility index (Phi) is 5.23. The number of ether oxygens (including phenoxy) is 1. The molecule has 7 heteroatoms. The van der Waals surface area contributed by atoms with Crippen LogP contribution in [0.1, 0.15) is 53.3 Å². The Morgan fingerprint density at radius 2 is 2.07 bits per heavy atom. The minimum Gasteiger partial charge on any atom is -0.480 e. The first-order chi connectivity index (χ1) is 13.9. The van der Waals surface area contributed by atoms with Crippen LogP contribution in [0.25, 0.3) is 6.08 Å². The lowest BCUT2D eigenvalue weighted by Gasteiger charge is -2.30. The van der Waals surface area contributed by atoms with Gasteiger partial charge in [0.25, 0.3) is 0 Å². The molecular formula is C22H23ClN2O4. The van der Waals surface area contributed by atoms with Gasteiger partial charge in [-0.2, -0.15) is 0 Å². The highest BCUT2D eigenvalue weighted by molar-refractivity contribution is 6.24. The second-order valence-electron chi connectivity index (χ2n) is 7.56. The fraction of sp³-hybridized carbons (Fsp3) is 0.364. The Morgan fingerprint density at radius 1 is 1.31 bits per heavy atom. The predicted molar refractivity (Wildman–Crippen MR) is 110 cm³/mol. The third-order valence-electron chi connectivity index (χ3n) is 5.68. The molecule has 0 spiro atoms. The third kappa shape index (κ3) is 3.58. The summed E-state index contributed by atoms with van der Waals surface area (Å²) < 4.78 is 7.77. The Labute approximate surface area is 173 Å². The molecule has 0 saturated carbocycles. The van der Waals surface area contributed by atoms with E-state index in [1.165, 1.54) is 0 Å². The third-order valence-corrected chi connectivity index (χ3v) is 6.13. The zero-order chi connectivity index (χ0) is 20.6. The van der Waals surface area contributed by atoms with Gasteiger partial charge in [-0.05, 0) is 36.5 Å². The van der Waals surface area contributed by atoms with Crippen LogP contribution in [0.2, 0.25) is 0 Å². The SMILES string of the molecule is NC(=O)C1CCCc2c3c(n(Cc4ccccc4)c21)C=CCC3(Cl)OCC(=O)O. The number of nitrogens with zero attached hydrogens (tertiary/aromatic N) is 1. The van der Waals surface area contributed by atoms with Gasteiger partial charge in [0.05, 0.1) is 5.92 Å². The van der Waals surface area contributed by atoms with Crippen molar-refractivity contribution in [2.45, 2.75) is 43.2 Å². The van der Waals surface area contributed by atoms with Crippen LogP contribution in [0, 0.1) is 0 Å². The second kappa shape index (κ2) is 7.69. The number of rotatable bonds is 6. The molecule has 0 radical (unpaired) electrons. The van der Waals surface area contributed by atoms with Gasteiger partial charge < -0.3 is 20.1 Å². The Balaban J connectivity index is 1.89. The van der Waals surface area contributed by atoms with Crippen molar-refractivity contribution in [1.29, 1.82) is 0 Å². The van der Waals surface area contributed by atoms with E-state index in [1.807, 2.05) is 42.5 Å². The Bertz CT molecular complexity index is 982. The minimum absolute atomic E-state index is 0.356. The molecule has 2 aliphatic carbocycles. The summed E-state index contributed by atoms with van der Waals surface area (Å²) in [6.07, 6.45) is 6.50. The van der Waals surface area contributed by atoms with Crippen LogP contribution in [-0.2, 0) is 32.4 Å². The summed E-state index contributed by atoms with van der Waals surface area (Å²) in [4.78, 5) is 23.4. The number of carbonyl (C=O) groups is 2. The second-order valence-corrected chi connectivity index (χ2v) is 8.17. The molecule has 2 aromatic rings. The summed E-state index contributed by atoms with van der Waals surface area (Å²) in [7, 11) is 0. The van der Waals surface area contributed by atoms with Crippen LogP contribution in [0.4, 0.5) is 0 Å². The highest BCUT2D eigenvalue weighted by Gasteiger charge is 2.43. The topological polar surface area (TPSA) is 94.5 Å². The molecule has 0 aliphatic heterocycles. The van der Waals surface area contributed by atoms with E-state index in [2.05, 4.69) is 4.57 Å². The number of aliphatic carboxylic acids is 1. The van der Waals surface area contributed by atoms with Crippen molar-refractivity contribution in [2.75, 3.05) is 6.61 Å². The van der Waals surface area contributed by atoms with Crippen molar-refractivity contribution in [3.8, 4) is 0 Å². The van der Waals surface area contributed by atoms with E-state index < -0.39 is 23.6 Å². The number of amides is 1. The maximum atomic E-state index is 12.3. The van der Waals surface area contributed by atoms with Gasteiger partial charge in [-0.3, -0.25) is 4.79 Å². The average Bonchev–Trinajstić information content (AvgIpc) is 3.02. The number of carbonyl (C=O) groups excluding carboxylic acids is 1. The fourth-order valence-electron chi connectivity index (χ4n) is 4.52. The first-order valence-electron chi connectivity index (χ1n) is 9.71. The van der Waals surface area contributed by atoms with E-state index >= 15 is 0 Å². The molecule has 2 unspecified atom stereocenters. The largest absolute Gasteiger partial charge is 0.480 e. The van der Waals surface area contributed by atoms with E-state index in [1.54, 1.807) is 0 Å². The predicted octanol–water partition coefficient (Wildman–Crippen LogP) is 3.35. The maximum Gasteiger partial charge on any atom is 0.329 e. The van der Waals surface area contributed by atoms with Crippen LogP contribution in [0.15, 0.2) is 36.4 Å². The number of nitrogens with two attached hydrogens (primary N) is 1. The number of carboxylic acids is 1. The molecule has 29 heavy (non-hydrogen) atoms. The number of hydrogen-bond acceptors (Lipinski definition) is 3. The van der Waals surface area contributed by atoms with Crippen molar-refractivity contribution in [3.05, 3.63) is 64.5 Å². The van der Waals surface area contributed by atoms with E-state index in [-0.39, 0.29) is 5.91 Å². The van der Waals surface area contributed by atoms with Gasteiger partial charge in [-0.25, -0.2) is 4.79 Å². The molecule has 2 aliphatic rings. The normalized spacial score (nSPS) is 22.7. The number of aromatic nitrogens is 1. The smallest absolute Gasteiger partial charge is 0.329 e. The molecule has 0 bridgehead atoms. The molecule has 2 atom stereocenters. The molecule has 3 N–H and O–H groups in total. The molecule has 1 aromatic heterocycles. The molecule has 1 amide bonds. The zero-order valence-electron chi connectivity index (χ0n) is 15.9. The van der Waals surface area contributed by atoms with Gasteiger partial charge >= 0.3 is 5.97 Å². The number of benzene rings is 1. The Morgan fingerprint density at radius 3 is 2.76 bits per heavy atom.